The first-order valence-corrected chi connectivity index (χ1v) is 6.01. The van der Waals surface area contributed by atoms with Gasteiger partial charge in [0.25, 0.3) is 0 Å². The minimum absolute atomic E-state index is 0.0503. The van der Waals surface area contributed by atoms with Crippen LogP contribution in [0.5, 0.6) is 5.75 Å². The Labute approximate surface area is 114 Å². The third kappa shape index (κ3) is 2.33. The van der Waals surface area contributed by atoms with Gasteiger partial charge in [-0.1, -0.05) is 18.2 Å². The summed E-state index contributed by atoms with van der Waals surface area (Å²) in [4.78, 5) is 15.2. The van der Waals surface area contributed by atoms with E-state index in [-0.39, 0.29) is 17.9 Å². The van der Waals surface area contributed by atoms with Gasteiger partial charge in [0, 0.05) is 5.39 Å². The van der Waals surface area contributed by atoms with Crippen molar-refractivity contribution in [3.05, 3.63) is 60.2 Å². The highest BCUT2D eigenvalue weighted by molar-refractivity contribution is 5.88. The van der Waals surface area contributed by atoms with Gasteiger partial charge in [0.15, 0.2) is 5.76 Å². The number of benzene rings is 1. The molecule has 0 amide bonds. The number of aromatic carboxylic acids is 1. The van der Waals surface area contributed by atoms with Gasteiger partial charge in [-0.05, 0) is 18.2 Å². The number of hydrogen-bond acceptors (Lipinski definition) is 4. The lowest BCUT2D eigenvalue weighted by atomic mass is 10.2. The van der Waals surface area contributed by atoms with Crippen LogP contribution in [0.2, 0.25) is 0 Å². The van der Waals surface area contributed by atoms with Gasteiger partial charge < -0.3 is 14.3 Å². The Morgan fingerprint density at radius 2 is 2.15 bits per heavy atom. The summed E-state index contributed by atoms with van der Waals surface area (Å²) >= 11 is 0. The van der Waals surface area contributed by atoms with Crippen molar-refractivity contribution in [1.29, 1.82) is 0 Å². The smallest absolute Gasteiger partial charge is 0.339 e. The molecule has 0 radical (unpaired) electrons. The number of carbonyl (C=O) groups is 1. The van der Waals surface area contributed by atoms with Crippen molar-refractivity contribution in [1.82, 2.24) is 4.98 Å². The Hall–Kier alpha value is -2.82. The molecule has 0 aliphatic heterocycles. The molecule has 0 spiro atoms. The second-order valence-corrected chi connectivity index (χ2v) is 4.22. The van der Waals surface area contributed by atoms with Gasteiger partial charge >= 0.3 is 5.97 Å². The number of furan rings is 1. The van der Waals surface area contributed by atoms with Crippen LogP contribution in [0.1, 0.15) is 16.1 Å². The van der Waals surface area contributed by atoms with Gasteiger partial charge in [-0.25, -0.2) is 4.79 Å². The number of carboxylic acids is 1. The highest BCUT2D eigenvalue weighted by Gasteiger charge is 2.13. The molecule has 20 heavy (non-hydrogen) atoms. The topological polar surface area (TPSA) is 72.6 Å². The van der Waals surface area contributed by atoms with Crippen molar-refractivity contribution in [2.75, 3.05) is 0 Å². The Bertz CT molecular complexity index is 763. The van der Waals surface area contributed by atoms with Crippen molar-refractivity contribution in [3.8, 4) is 5.75 Å². The van der Waals surface area contributed by atoms with Crippen LogP contribution in [-0.4, -0.2) is 16.1 Å². The minimum atomic E-state index is -1.03. The monoisotopic (exact) mass is 269 g/mol. The normalized spacial score (nSPS) is 10.6. The van der Waals surface area contributed by atoms with E-state index < -0.39 is 5.97 Å². The number of para-hydroxylation sites is 1. The van der Waals surface area contributed by atoms with Gasteiger partial charge in [-0.3, -0.25) is 4.98 Å². The molecule has 3 rings (SSSR count). The second kappa shape index (κ2) is 5.05. The largest absolute Gasteiger partial charge is 0.484 e. The summed E-state index contributed by atoms with van der Waals surface area (Å²) in [5.74, 6) is -0.184. The molecule has 2 heterocycles. The van der Waals surface area contributed by atoms with E-state index in [0.717, 1.165) is 10.9 Å². The average Bonchev–Trinajstić information content (AvgIpc) is 2.93. The lowest BCUT2D eigenvalue weighted by Gasteiger charge is -2.05. The van der Waals surface area contributed by atoms with Crippen molar-refractivity contribution in [3.63, 3.8) is 0 Å². The Morgan fingerprint density at radius 3 is 3.00 bits per heavy atom. The van der Waals surface area contributed by atoms with Gasteiger partial charge in [-0.2, -0.15) is 0 Å². The fraction of sp³-hybridized carbons (Fsp3) is 0.0667. The van der Waals surface area contributed by atoms with E-state index in [1.807, 2.05) is 30.3 Å². The minimum Gasteiger partial charge on any atom is -0.484 e. The van der Waals surface area contributed by atoms with E-state index >= 15 is 0 Å². The Balaban J connectivity index is 1.79. The standard InChI is InChI=1S/C15H11NO4/c17-15(18)12-5-6-19-14(12)9-20-11-7-10-3-1-2-4-13(10)16-8-11/h1-8H,9H2,(H,17,18). The van der Waals surface area contributed by atoms with E-state index in [9.17, 15) is 4.79 Å². The molecule has 1 aromatic carbocycles. The van der Waals surface area contributed by atoms with Crippen LogP contribution in [-0.2, 0) is 6.61 Å². The Kier molecular flexibility index (Phi) is 3.09. The molecule has 2 aromatic heterocycles. The molecule has 1 N–H and O–H groups in total. The number of hydrogen-bond donors (Lipinski definition) is 1. The fourth-order valence-electron chi connectivity index (χ4n) is 1.92. The fourth-order valence-corrected chi connectivity index (χ4v) is 1.92. The maximum absolute atomic E-state index is 10.9. The van der Waals surface area contributed by atoms with E-state index in [4.69, 9.17) is 14.3 Å². The number of rotatable bonds is 4. The molecule has 5 heteroatoms. The van der Waals surface area contributed by atoms with Gasteiger partial charge in [-0.15, -0.1) is 0 Å². The SMILES string of the molecule is O=C(O)c1ccoc1COc1cnc2ccccc2c1. The molecule has 5 nitrogen and oxygen atoms in total. The van der Waals surface area contributed by atoms with Crippen LogP contribution in [0, 0.1) is 0 Å². The van der Waals surface area contributed by atoms with Crippen LogP contribution in [0.4, 0.5) is 0 Å². The van der Waals surface area contributed by atoms with Crippen LogP contribution in [0.25, 0.3) is 10.9 Å². The molecule has 3 aromatic rings. The molecule has 0 saturated carbocycles. The van der Waals surface area contributed by atoms with Crippen LogP contribution in [0.15, 0.2) is 53.3 Å². The summed E-state index contributed by atoms with van der Waals surface area (Å²) in [6, 6.07) is 10.9. The van der Waals surface area contributed by atoms with Gasteiger partial charge in [0.1, 0.15) is 17.9 Å². The molecular formula is C15H11NO4. The third-order valence-corrected chi connectivity index (χ3v) is 2.91. The number of nitrogens with zero attached hydrogens (tertiary/aromatic N) is 1. The summed E-state index contributed by atoms with van der Waals surface area (Å²) < 4.78 is 10.6. The zero-order chi connectivity index (χ0) is 13.9. The molecular weight excluding hydrogens is 258 g/mol. The van der Waals surface area contributed by atoms with Crippen molar-refractivity contribution < 1.29 is 19.1 Å². The molecule has 0 saturated heterocycles. The zero-order valence-corrected chi connectivity index (χ0v) is 10.4. The summed E-state index contributed by atoms with van der Waals surface area (Å²) in [6.45, 7) is 0.0503. The third-order valence-electron chi connectivity index (χ3n) is 2.91. The molecule has 100 valence electrons. The summed E-state index contributed by atoms with van der Waals surface area (Å²) in [7, 11) is 0. The average molecular weight is 269 g/mol. The predicted molar refractivity (Wildman–Crippen MR) is 71.7 cm³/mol. The van der Waals surface area contributed by atoms with E-state index in [1.165, 1.54) is 12.3 Å². The molecule has 0 unspecified atom stereocenters. The maximum atomic E-state index is 10.9. The first-order chi connectivity index (χ1) is 9.74. The van der Waals surface area contributed by atoms with Crippen LogP contribution < -0.4 is 4.74 Å². The number of ether oxygens (including phenoxy) is 1. The first-order valence-electron chi connectivity index (χ1n) is 6.01. The molecule has 0 aliphatic carbocycles. The summed E-state index contributed by atoms with van der Waals surface area (Å²) in [5.41, 5.74) is 0.989. The van der Waals surface area contributed by atoms with Crippen LogP contribution >= 0.6 is 0 Å². The van der Waals surface area contributed by atoms with Crippen molar-refractivity contribution in [2.45, 2.75) is 6.61 Å². The molecule has 0 bridgehead atoms. The van der Waals surface area contributed by atoms with E-state index in [1.54, 1.807) is 6.20 Å². The van der Waals surface area contributed by atoms with Gasteiger partial charge in [0.05, 0.1) is 18.0 Å². The molecule has 0 fully saturated rings. The zero-order valence-electron chi connectivity index (χ0n) is 10.4. The Morgan fingerprint density at radius 1 is 1.30 bits per heavy atom. The van der Waals surface area contributed by atoms with Gasteiger partial charge in [0.2, 0.25) is 0 Å². The van der Waals surface area contributed by atoms with Crippen molar-refractivity contribution >= 4 is 16.9 Å². The quantitative estimate of drug-likeness (QED) is 0.787. The van der Waals surface area contributed by atoms with Crippen LogP contribution in [0.3, 0.4) is 0 Å². The number of fused-ring (bicyclic) bond motifs is 1. The summed E-state index contributed by atoms with van der Waals surface area (Å²) in [5, 5.41) is 9.93. The maximum Gasteiger partial charge on any atom is 0.339 e. The number of carboxylic acid groups (broad SMARTS) is 1. The van der Waals surface area contributed by atoms with Crippen molar-refractivity contribution in [2.24, 2.45) is 0 Å². The molecule has 0 atom stereocenters. The highest BCUT2D eigenvalue weighted by atomic mass is 16.5. The van der Waals surface area contributed by atoms with E-state index in [2.05, 4.69) is 4.98 Å². The number of aromatic nitrogens is 1. The number of pyridine rings is 1. The second-order valence-electron chi connectivity index (χ2n) is 4.22. The highest BCUT2D eigenvalue weighted by Crippen LogP contribution is 2.20. The van der Waals surface area contributed by atoms with E-state index in [0.29, 0.717) is 5.75 Å². The lowest BCUT2D eigenvalue weighted by Crippen LogP contribution is -2.02. The summed E-state index contributed by atoms with van der Waals surface area (Å²) in [6.07, 6.45) is 2.94. The lowest BCUT2D eigenvalue weighted by molar-refractivity contribution is 0.0692. The first kappa shape index (κ1) is 12.2. The molecule has 0 aliphatic rings. The predicted octanol–water partition coefficient (Wildman–Crippen LogP) is 3.11.